The van der Waals surface area contributed by atoms with Crippen LogP contribution in [0.25, 0.3) is 117 Å². The van der Waals surface area contributed by atoms with Gasteiger partial charge in [-0.1, -0.05) is 164 Å². The summed E-state index contributed by atoms with van der Waals surface area (Å²) in [4.78, 5) is 15.1. The van der Waals surface area contributed by atoms with Gasteiger partial charge in [-0.15, -0.1) is 0 Å². The number of fused-ring (bicyclic) bond motifs is 7. The molecular weight excluding hydrogens is 733 g/mol. The molecule has 9 aromatic carbocycles. The van der Waals surface area contributed by atoms with Crippen LogP contribution >= 0.6 is 0 Å². The topological polar surface area (TPSA) is 56.7 Å². The van der Waals surface area contributed by atoms with Crippen molar-refractivity contribution in [1.29, 1.82) is 0 Å². The highest BCUT2D eigenvalue weighted by Crippen LogP contribution is 2.44. The number of nitrogens with zero attached hydrogens (tertiary/aromatic N) is 4. The standard InChI is InChI=1S/C55H34N4O/c1-3-15-35(16-4-1)39-21-13-22-40(31-39)43-25-14-28-50-51(43)46-33-42(59-48-26-11-9-23-44(48)45-24-10-12-27-49(45)59)34-47(52(46)60-50)55-57-53(37-18-5-2-6-19-37)56-54(58-55)41-30-29-36-17-7-8-20-38(36)32-41/h1-34H/i2D,5D,6D,18D,19D. The third-order valence-corrected chi connectivity index (χ3v) is 11.3. The van der Waals surface area contributed by atoms with Gasteiger partial charge in [-0.2, -0.15) is 0 Å². The second kappa shape index (κ2) is 13.8. The molecule has 0 amide bonds. The summed E-state index contributed by atoms with van der Waals surface area (Å²) in [6, 6.07) is 57.4. The van der Waals surface area contributed by atoms with Gasteiger partial charge in [-0.3, -0.25) is 0 Å². The number of benzene rings is 9. The zero-order valence-corrected chi connectivity index (χ0v) is 31.9. The number of hydrogen-bond acceptors (Lipinski definition) is 4. The smallest absolute Gasteiger partial charge is 0.167 e. The van der Waals surface area contributed by atoms with Crippen molar-refractivity contribution >= 4 is 54.5 Å². The Morgan fingerprint density at radius 2 is 1.07 bits per heavy atom. The van der Waals surface area contributed by atoms with Gasteiger partial charge in [-0.05, 0) is 75.5 Å². The first kappa shape index (κ1) is 29.1. The number of furan rings is 1. The second-order valence-electron chi connectivity index (χ2n) is 14.8. The molecule has 3 heterocycles. The summed E-state index contributed by atoms with van der Waals surface area (Å²) in [7, 11) is 0. The summed E-state index contributed by atoms with van der Waals surface area (Å²) in [6.07, 6.45) is 0. The van der Waals surface area contributed by atoms with Crippen LogP contribution in [0.4, 0.5) is 0 Å². The van der Waals surface area contributed by atoms with E-state index in [0.717, 1.165) is 71.3 Å². The van der Waals surface area contributed by atoms with Crippen molar-refractivity contribution in [1.82, 2.24) is 19.5 Å². The summed E-state index contributed by atoms with van der Waals surface area (Å²) >= 11 is 0. The maximum absolute atomic E-state index is 9.00. The lowest BCUT2D eigenvalue weighted by Crippen LogP contribution is -2.01. The highest BCUT2D eigenvalue weighted by atomic mass is 16.3. The molecule has 0 saturated heterocycles. The molecule has 0 radical (unpaired) electrons. The lowest BCUT2D eigenvalue weighted by atomic mass is 9.95. The fourth-order valence-corrected chi connectivity index (χ4v) is 8.57. The summed E-state index contributed by atoms with van der Waals surface area (Å²) in [5.41, 5.74) is 9.33. The summed E-state index contributed by atoms with van der Waals surface area (Å²) < 4.78 is 52.7. The molecule has 5 nitrogen and oxygen atoms in total. The minimum absolute atomic E-state index is 0.0555. The number of aromatic nitrogens is 4. The van der Waals surface area contributed by atoms with E-state index in [-0.39, 0.29) is 23.0 Å². The predicted octanol–water partition coefficient (Wildman–Crippen LogP) is 14.4. The van der Waals surface area contributed by atoms with E-state index in [0.29, 0.717) is 22.3 Å². The van der Waals surface area contributed by atoms with Crippen LogP contribution in [0.3, 0.4) is 0 Å². The molecule has 60 heavy (non-hydrogen) atoms. The van der Waals surface area contributed by atoms with E-state index in [1.54, 1.807) is 0 Å². The Balaban J connectivity index is 1.19. The van der Waals surface area contributed by atoms with Gasteiger partial charge < -0.3 is 8.98 Å². The number of hydrogen-bond donors (Lipinski definition) is 0. The Bertz CT molecular complexity index is 3840. The van der Waals surface area contributed by atoms with E-state index in [4.69, 9.17) is 26.2 Å². The van der Waals surface area contributed by atoms with Crippen molar-refractivity contribution < 1.29 is 11.3 Å². The molecule has 0 atom stereocenters. The number of rotatable bonds is 6. The molecule has 12 rings (SSSR count). The van der Waals surface area contributed by atoms with Crippen LogP contribution in [-0.2, 0) is 0 Å². The molecule has 12 aromatic rings. The van der Waals surface area contributed by atoms with Crippen LogP contribution in [-0.4, -0.2) is 19.5 Å². The Morgan fingerprint density at radius 1 is 0.417 bits per heavy atom. The second-order valence-corrected chi connectivity index (χ2v) is 14.8. The van der Waals surface area contributed by atoms with Gasteiger partial charge in [0.05, 0.1) is 23.5 Å². The SMILES string of the molecule is [2H]c1c([2H])c([2H])c(-c2nc(-c3ccc4ccccc4c3)nc(-c3cc(-n4c5ccccc5c5ccccc54)cc4c3oc3cccc(-c5cccc(-c6ccccc6)c5)c34)n2)c([2H])c1[2H]. The summed E-state index contributed by atoms with van der Waals surface area (Å²) in [5, 5.41) is 5.93. The molecule has 280 valence electrons. The quantitative estimate of drug-likeness (QED) is 0.169. The summed E-state index contributed by atoms with van der Waals surface area (Å²) in [5.74, 6) is 0.428. The Hall–Kier alpha value is -8.15. The van der Waals surface area contributed by atoms with Crippen molar-refractivity contribution in [2.24, 2.45) is 0 Å². The van der Waals surface area contributed by atoms with E-state index in [1.165, 1.54) is 0 Å². The maximum atomic E-state index is 9.00. The monoisotopic (exact) mass is 771 g/mol. The minimum Gasteiger partial charge on any atom is -0.455 e. The lowest BCUT2D eigenvalue weighted by Gasteiger charge is -2.13. The third kappa shape index (κ3) is 5.59. The van der Waals surface area contributed by atoms with Crippen molar-refractivity contribution in [3.63, 3.8) is 0 Å². The largest absolute Gasteiger partial charge is 0.455 e. The predicted molar refractivity (Wildman–Crippen MR) is 246 cm³/mol. The lowest BCUT2D eigenvalue weighted by molar-refractivity contribution is 0.669. The first-order chi connectivity index (χ1) is 31.8. The Kier molecular flexibility index (Phi) is 6.68. The Labute approximate surface area is 352 Å². The molecule has 0 fully saturated rings. The molecule has 0 aliphatic heterocycles. The minimum atomic E-state index is -0.499. The van der Waals surface area contributed by atoms with E-state index >= 15 is 0 Å². The van der Waals surface area contributed by atoms with Gasteiger partial charge in [0.25, 0.3) is 0 Å². The zero-order chi connectivity index (χ0) is 43.9. The van der Waals surface area contributed by atoms with Crippen LogP contribution in [0.5, 0.6) is 0 Å². The molecule has 0 bridgehead atoms. The Morgan fingerprint density at radius 3 is 1.87 bits per heavy atom. The van der Waals surface area contributed by atoms with Crippen molar-refractivity contribution in [3.05, 3.63) is 206 Å². The fourth-order valence-electron chi connectivity index (χ4n) is 8.57. The zero-order valence-electron chi connectivity index (χ0n) is 36.9. The molecule has 0 saturated carbocycles. The van der Waals surface area contributed by atoms with Gasteiger partial charge in [0, 0.05) is 38.4 Å². The molecule has 5 heteroatoms. The van der Waals surface area contributed by atoms with Gasteiger partial charge >= 0.3 is 0 Å². The molecule has 0 aliphatic carbocycles. The highest BCUT2D eigenvalue weighted by molar-refractivity contribution is 6.17. The van der Waals surface area contributed by atoms with Crippen LogP contribution in [0.1, 0.15) is 6.85 Å². The molecule has 0 spiro atoms. The first-order valence-corrected chi connectivity index (χ1v) is 19.8. The third-order valence-electron chi connectivity index (χ3n) is 11.3. The number of para-hydroxylation sites is 2. The average Bonchev–Trinajstić information content (AvgIpc) is 3.91. The van der Waals surface area contributed by atoms with E-state index in [9.17, 15) is 0 Å². The normalized spacial score (nSPS) is 12.8. The fraction of sp³-hybridized carbons (Fsp3) is 0. The van der Waals surface area contributed by atoms with E-state index < -0.39 is 30.2 Å². The van der Waals surface area contributed by atoms with Crippen LogP contribution in [0, 0.1) is 0 Å². The van der Waals surface area contributed by atoms with E-state index in [1.807, 2.05) is 103 Å². The average molecular weight is 772 g/mol. The molecule has 0 unspecified atom stereocenters. The van der Waals surface area contributed by atoms with Crippen molar-refractivity contribution in [2.75, 3.05) is 0 Å². The molecule has 3 aromatic heterocycles. The summed E-state index contributed by atoms with van der Waals surface area (Å²) in [6.45, 7) is 0. The van der Waals surface area contributed by atoms with Gasteiger partial charge in [0.2, 0.25) is 0 Å². The van der Waals surface area contributed by atoms with Gasteiger partial charge in [0.15, 0.2) is 17.5 Å². The first-order valence-electron chi connectivity index (χ1n) is 22.3. The van der Waals surface area contributed by atoms with Crippen LogP contribution < -0.4 is 0 Å². The highest BCUT2D eigenvalue weighted by Gasteiger charge is 2.23. The van der Waals surface area contributed by atoms with Crippen molar-refractivity contribution in [3.8, 4) is 62.1 Å². The maximum Gasteiger partial charge on any atom is 0.167 e. The van der Waals surface area contributed by atoms with Gasteiger partial charge in [-0.25, -0.2) is 15.0 Å². The van der Waals surface area contributed by atoms with Crippen LogP contribution in [0.2, 0.25) is 0 Å². The van der Waals surface area contributed by atoms with Crippen molar-refractivity contribution in [2.45, 2.75) is 0 Å². The van der Waals surface area contributed by atoms with E-state index in [2.05, 4.69) is 77.4 Å². The molecular formula is C55H34N4O. The van der Waals surface area contributed by atoms with Gasteiger partial charge in [0.1, 0.15) is 11.2 Å². The molecule has 0 N–H and O–H groups in total. The van der Waals surface area contributed by atoms with Crippen LogP contribution in [0.15, 0.2) is 211 Å². The molecule has 0 aliphatic rings.